The van der Waals surface area contributed by atoms with Gasteiger partial charge in [0.05, 0.1) is 23.6 Å². The van der Waals surface area contributed by atoms with Crippen LogP contribution in [0.2, 0.25) is 5.02 Å². The summed E-state index contributed by atoms with van der Waals surface area (Å²) in [5.41, 5.74) is 0.690. The van der Waals surface area contributed by atoms with Crippen LogP contribution in [0.15, 0.2) is 47.4 Å². The molecule has 1 amide bonds. The molecule has 1 heterocycles. The number of carbonyl (C=O) groups excluding carboxylic acids is 1. The van der Waals surface area contributed by atoms with Crippen LogP contribution < -0.4 is 14.2 Å². The first kappa shape index (κ1) is 25.0. The van der Waals surface area contributed by atoms with E-state index in [1.165, 1.54) is 25.3 Å². The van der Waals surface area contributed by atoms with Crippen molar-refractivity contribution < 1.29 is 27.1 Å². The van der Waals surface area contributed by atoms with E-state index in [0.29, 0.717) is 54.6 Å². The highest BCUT2D eigenvalue weighted by Gasteiger charge is 2.26. The normalized spacial score (nSPS) is 15.1. The first-order valence-corrected chi connectivity index (χ1v) is 12.3. The van der Waals surface area contributed by atoms with Gasteiger partial charge >= 0.3 is 0 Å². The number of amides is 1. The van der Waals surface area contributed by atoms with Gasteiger partial charge in [0.1, 0.15) is 5.82 Å². The summed E-state index contributed by atoms with van der Waals surface area (Å²) in [6.07, 6.45) is 4.05. The zero-order valence-corrected chi connectivity index (χ0v) is 20.0. The van der Waals surface area contributed by atoms with Gasteiger partial charge < -0.3 is 14.4 Å². The van der Waals surface area contributed by atoms with Crippen LogP contribution >= 0.6 is 11.6 Å². The Morgan fingerprint density at radius 1 is 1.24 bits per heavy atom. The van der Waals surface area contributed by atoms with E-state index < -0.39 is 15.8 Å². The molecule has 1 N–H and O–H groups in total. The predicted octanol–water partition coefficient (Wildman–Crippen LogP) is 3.87. The van der Waals surface area contributed by atoms with Gasteiger partial charge in [-0.15, -0.1) is 0 Å². The molecular weight excluding hydrogens is 471 g/mol. The third kappa shape index (κ3) is 6.46. The summed E-state index contributed by atoms with van der Waals surface area (Å²) in [5.74, 6) is 0.250. The maximum absolute atomic E-state index is 13.1. The smallest absolute Gasteiger partial charge is 0.246 e. The van der Waals surface area contributed by atoms with Gasteiger partial charge in [-0.3, -0.25) is 4.79 Å². The number of ether oxygens (including phenoxy) is 2. The molecule has 33 heavy (non-hydrogen) atoms. The molecule has 0 bridgehead atoms. The number of halogens is 2. The summed E-state index contributed by atoms with van der Waals surface area (Å²) in [4.78, 5) is 14.3. The first-order valence-electron chi connectivity index (χ1n) is 10.5. The van der Waals surface area contributed by atoms with E-state index in [4.69, 9.17) is 21.1 Å². The highest BCUT2D eigenvalue weighted by Crippen LogP contribution is 2.36. The van der Waals surface area contributed by atoms with Crippen LogP contribution in [-0.4, -0.2) is 52.1 Å². The van der Waals surface area contributed by atoms with Crippen molar-refractivity contribution in [1.29, 1.82) is 0 Å². The number of hydrogen-bond acceptors (Lipinski definition) is 5. The van der Waals surface area contributed by atoms with E-state index in [2.05, 4.69) is 4.72 Å². The number of sulfonamides is 1. The third-order valence-electron chi connectivity index (χ3n) is 5.21. The number of nitrogens with one attached hydrogen (secondary N) is 1. The predicted molar refractivity (Wildman–Crippen MR) is 125 cm³/mol. The zero-order valence-electron chi connectivity index (χ0n) is 18.4. The molecule has 0 spiro atoms. The van der Waals surface area contributed by atoms with Crippen LogP contribution in [-0.2, 0) is 14.8 Å². The van der Waals surface area contributed by atoms with Crippen molar-refractivity contribution in [3.8, 4) is 11.5 Å². The summed E-state index contributed by atoms with van der Waals surface area (Å²) in [6, 6.07) is 7.78. The molecule has 178 valence electrons. The van der Waals surface area contributed by atoms with Crippen molar-refractivity contribution in [2.75, 3.05) is 26.8 Å². The topological polar surface area (TPSA) is 84.9 Å². The van der Waals surface area contributed by atoms with Crippen molar-refractivity contribution in [3.63, 3.8) is 0 Å². The quantitative estimate of drug-likeness (QED) is 0.561. The summed E-state index contributed by atoms with van der Waals surface area (Å²) in [5, 5.41) is 0.387. The van der Waals surface area contributed by atoms with E-state index in [1.54, 1.807) is 23.1 Å². The van der Waals surface area contributed by atoms with Crippen molar-refractivity contribution in [3.05, 3.63) is 58.9 Å². The standard InChI is InChI=1S/C23H26ClFN2O5S/c1-3-32-23-20(24)14-16(15-21(23)31-2)4-9-22(28)27-12-10-18(11-13-27)26-33(29,30)19-7-5-17(25)6-8-19/h4-9,14-15,18,26H,3,10-13H2,1-2H3/b9-4+. The maximum atomic E-state index is 13.1. The van der Waals surface area contributed by atoms with Gasteiger partial charge in [0.2, 0.25) is 15.9 Å². The fraction of sp³-hybridized carbons (Fsp3) is 0.348. The number of hydrogen-bond donors (Lipinski definition) is 1. The van der Waals surface area contributed by atoms with Crippen molar-refractivity contribution in [1.82, 2.24) is 9.62 Å². The van der Waals surface area contributed by atoms with Crippen LogP contribution in [0.1, 0.15) is 25.3 Å². The molecule has 0 atom stereocenters. The van der Waals surface area contributed by atoms with E-state index >= 15 is 0 Å². The minimum atomic E-state index is -3.75. The molecule has 3 rings (SSSR count). The Bertz CT molecular complexity index is 1110. The number of rotatable bonds is 8. The minimum absolute atomic E-state index is 0.00906. The lowest BCUT2D eigenvalue weighted by Gasteiger charge is -2.31. The Kier molecular flexibility index (Phi) is 8.34. The van der Waals surface area contributed by atoms with Crippen LogP contribution in [0.5, 0.6) is 11.5 Å². The van der Waals surface area contributed by atoms with Crippen molar-refractivity contribution in [2.24, 2.45) is 0 Å². The molecule has 2 aromatic carbocycles. The van der Waals surface area contributed by atoms with Crippen LogP contribution in [0, 0.1) is 5.82 Å². The fourth-order valence-corrected chi connectivity index (χ4v) is 5.09. The lowest BCUT2D eigenvalue weighted by molar-refractivity contribution is -0.126. The van der Waals surface area contributed by atoms with Crippen molar-refractivity contribution >= 4 is 33.6 Å². The molecule has 1 aliphatic rings. The maximum Gasteiger partial charge on any atom is 0.246 e. The van der Waals surface area contributed by atoms with E-state index in [-0.39, 0.29) is 16.8 Å². The lowest BCUT2D eigenvalue weighted by Crippen LogP contribution is -2.46. The number of methoxy groups -OCH3 is 1. The second-order valence-electron chi connectivity index (χ2n) is 7.48. The Balaban J connectivity index is 1.58. The molecule has 1 fully saturated rings. The molecule has 7 nitrogen and oxygen atoms in total. The number of piperidine rings is 1. The van der Waals surface area contributed by atoms with Crippen LogP contribution in [0.25, 0.3) is 6.08 Å². The lowest BCUT2D eigenvalue weighted by atomic mass is 10.1. The highest BCUT2D eigenvalue weighted by molar-refractivity contribution is 7.89. The fourth-order valence-electron chi connectivity index (χ4n) is 3.51. The van der Waals surface area contributed by atoms with Crippen molar-refractivity contribution in [2.45, 2.75) is 30.7 Å². The first-order chi connectivity index (χ1) is 15.7. The zero-order chi connectivity index (χ0) is 24.0. The van der Waals surface area contributed by atoms with Gasteiger partial charge in [-0.25, -0.2) is 17.5 Å². The average molecular weight is 497 g/mol. The average Bonchev–Trinajstić information content (AvgIpc) is 2.79. The monoisotopic (exact) mass is 496 g/mol. The van der Waals surface area contributed by atoms with Gasteiger partial charge in [0, 0.05) is 25.2 Å². The Morgan fingerprint density at radius 2 is 1.91 bits per heavy atom. The van der Waals surface area contributed by atoms with Gasteiger partial charge in [-0.05, 0) is 67.8 Å². The molecule has 0 saturated carbocycles. The number of nitrogens with zero attached hydrogens (tertiary/aromatic N) is 1. The number of benzene rings is 2. The molecular formula is C23H26ClFN2O5S. The molecule has 0 aromatic heterocycles. The Morgan fingerprint density at radius 3 is 2.52 bits per heavy atom. The number of carbonyl (C=O) groups is 1. The molecule has 1 aliphatic heterocycles. The Labute approximate surface area is 198 Å². The van der Waals surface area contributed by atoms with Crippen LogP contribution in [0.3, 0.4) is 0 Å². The third-order valence-corrected chi connectivity index (χ3v) is 7.03. The number of likely N-dealkylation sites (tertiary alicyclic amines) is 1. The molecule has 0 radical (unpaired) electrons. The van der Waals surface area contributed by atoms with Gasteiger partial charge in [-0.1, -0.05) is 11.6 Å². The Hall–Kier alpha value is -2.62. The molecule has 1 saturated heterocycles. The second kappa shape index (κ2) is 11.0. The van der Waals surface area contributed by atoms with Gasteiger partial charge in [0.25, 0.3) is 0 Å². The molecule has 0 unspecified atom stereocenters. The van der Waals surface area contributed by atoms with Crippen LogP contribution in [0.4, 0.5) is 4.39 Å². The second-order valence-corrected chi connectivity index (χ2v) is 9.60. The minimum Gasteiger partial charge on any atom is -0.493 e. The van der Waals surface area contributed by atoms with E-state index in [0.717, 1.165) is 12.1 Å². The SMILES string of the molecule is CCOc1c(Cl)cc(/C=C/C(=O)N2CCC(NS(=O)(=O)c3ccc(F)cc3)CC2)cc1OC. The molecule has 2 aromatic rings. The van der Waals surface area contributed by atoms with Gasteiger partial charge in [0.15, 0.2) is 11.5 Å². The van der Waals surface area contributed by atoms with E-state index in [1.807, 2.05) is 6.92 Å². The summed E-state index contributed by atoms with van der Waals surface area (Å²) >= 11 is 6.27. The largest absolute Gasteiger partial charge is 0.493 e. The summed E-state index contributed by atoms with van der Waals surface area (Å²) in [6.45, 7) is 3.11. The summed E-state index contributed by atoms with van der Waals surface area (Å²) < 4.78 is 51.5. The van der Waals surface area contributed by atoms with Gasteiger partial charge in [-0.2, -0.15) is 0 Å². The summed E-state index contributed by atoms with van der Waals surface area (Å²) in [7, 11) is -2.23. The van der Waals surface area contributed by atoms with E-state index in [9.17, 15) is 17.6 Å². The molecule has 0 aliphatic carbocycles. The highest BCUT2D eigenvalue weighted by atomic mass is 35.5. The molecule has 10 heteroatoms.